The van der Waals surface area contributed by atoms with Gasteiger partial charge in [0.15, 0.2) is 5.78 Å². The Morgan fingerprint density at radius 2 is 1.86 bits per heavy atom. The third-order valence-corrected chi connectivity index (χ3v) is 2.99. The molecule has 0 aliphatic rings. The van der Waals surface area contributed by atoms with Gasteiger partial charge >= 0.3 is 0 Å². The summed E-state index contributed by atoms with van der Waals surface area (Å²) >= 11 is 0. The SMILES string of the molecule is CC(=O)c1ccc(Nc2ccc(C)cc2F)c([N+](=O)[O-])c1. The Morgan fingerprint density at radius 3 is 2.43 bits per heavy atom. The predicted molar refractivity (Wildman–Crippen MR) is 77.5 cm³/mol. The van der Waals surface area contributed by atoms with E-state index >= 15 is 0 Å². The monoisotopic (exact) mass is 288 g/mol. The molecule has 0 fully saturated rings. The first-order valence-electron chi connectivity index (χ1n) is 6.21. The fraction of sp³-hybridized carbons (Fsp3) is 0.133. The van der Waals surface area contributed by atoms with E-state index in [1.807, 2.05) is 0 Å². The number of carbonyl (C=O) groups excluding carboxylic acids is 1. The lowest BCUT2D eigenvalue weighted by Crippen LogP contribution is -2.01. The van der Waals surface area contributed by atoms with Crippen LogP contribution in [0, 0.1) is 22.9 Å². The average Bonchev–Trinajstić information content (AvgIpc) is 2.41. The zero-order chi connectivity index (χ0) is 15.6. The second kappa shape index (κ2) is 5.70. The minimum absolute atomic E-state index is 0.132. The van der Waals surface area contributed by atoms with Crippen LogP contribution in [0.4, 0.5) is 21.5 Å². The number of benzene rings is 2. The van der Waals surface area contributed by atoms with E-state index in [4.69, 9.17) is 0 Å². The van der Waals surface area contributed by atoms with E-state index in [-0.39, 0.29) is 28.4 Å². The minimum atomic E-state index is -0.610. The minimum Gasteiger partial charge on any atom is -0.348 e. The molecule has 0 aromatic heterocycles. The molecule has 0 aliphatic heterocycles. The Kier molecular flexibility index (Phi) is 3.98. The maximum absolute atomic E-state index is 13.8. The first kappa shape index (κ1) is 14.6. The molecular weight excluding hydrogens is 275 g/mol. The normalized spacial score (nSPS) is 10.2. The lowest BCUT2D eigenvalue weighted by Gasteiger charge is -2.09. The second-order valence-corrected chi connectivity index (χ2v) is 4.65. The van der Waals surface area contributed by atoms with Crippen LogP contribution < -0.4 is 5.32 Å². The molecule has 2 aromatic carbocycles. The van der Waals surface area contributed by atoms with Gasteiger partial charge in [-0.3, -0.25) is 14.9 Å². The molecule has 0 unspecified atom stereocenters. The number of hydrogen-bond acceptors (Lipinski definition) is 4. The van der Waals surface area contributed by atoms with Crippen LogP contribution in [0.2, 0.25) is 0 Å². The van der Waals surface area contributed by atoms with Gasteiger partial charge in [-0.05, 0) is 43.7 Å². The number of Topliss-reactive ketones (excluding diaryl/α,β-unsaturated/α-hetero) is 1. The number of hydrogen-bond donors (Lipinski definition) is 1. The highest BCUT2D eigenvalue weighted by atomic mass is 19.1. The van der Waals surface area contributed by atoms with Gasteiger partial charge < -0.3 is 5.32 Å². The molecule has 0 saturated heterocycles. The van der Waals surface area contributed by atoms with E-state index in [0.29, 0.717) is 0 Å². The van der Waals surface area contributed by atoms with Crippen molar-refractivity contribution in [3.05, 3.63) is 63.5 Å². The van der Waals surface area contributed by atoms with Gasteiger partial charge in [-0.15, -0.1) is 0 Å². The summed E-state index contributed by atoms with van der Waals surface area (Å²) < 4.78 is 13.8. The maximum Gasteiger partial charge on any atom is 0.293 e. The molecule has 0 amide bonds. The number of nitro benzene ring substituents is 1. The fourth-order valence-corrected chi connectivity index (χ4v) is 1.87. The molecule has 0 atom stereocenters. The number of aryl methyl sites for hydroxylation is 1. The van der Waals surface area contributed by atoms with Crippen LogP contribution in [0.3, 0.4) is 0 Å². The van der Waals surface area contributed by atoms with Crippen LogP contribution in [0.5, 0.6) is 0 Å². The van der Waals surface area contributed by atoms with Crippen molar-refractivity contribution in [1.82, 2.24) is 0 Å². The highest BCUT2D eigenvalue weighted by molar-refractivity contribution is 5.95. The number of carbonyl (C=O) groups is 1. The molecule has 2 aromatic rings. The molecule has 0 spiro atoms. The van der Waals surface area contributed by atoms with Crippen molar-refractivity contribution < 1.29 is 14.1 Å². The highest BCUT2D eigenvalue weighted by Gasteiger charge is 2.17. The van der Waals surface area contributed by atoms with Gasteiger partial charge in [0.25, 0.3) is 5.69 Å². The summed E-state index contributed by atoms with van der Waals surface area (Å²) in [6.45, 7) is 3.07. The lowest BCUT2D eigenvalue weighted by molar-refractivity contribution is -0.383. The van der Waals surface area contributed by atoms with Crippen molar-refractivity contribution in [2.75, 3.05) is 5.32 Å². The summed E-state index contributed by atoms with van der Waals surface area (Å²) in [6, 6.07) is 8.57. The van der Waals surface area contributed by atoms with Gasteiger partial charge in [-0.1, -0.05) is 6.07 Å². The average molecular weight is 288 g/mol. The van der Waals surface area contributed by atoms with E-state index in [1.54, 1.807) is 13.0 Å². The molecule has 2 rings (SSSR count). The van der Waals surface area contributed by atoms with Gasteiger partial charge in [0, 0.05) is 11.6 Å². The van der Waals surface area contributed by atoms with Crippen molar-refractivity contribution in [2.45, 2.75) is 13.8 Å². The summed E-state index contributed by atoms with van der Waals surface area (Å²) in [7, 11) is 0. The number of halogens is 1. The van der Waals surface area contributed by atoms with E-state index in [0.717, 1.165) is 5.56 Å². The third-order valence-electron chi connectivity index (χ3n) is 2.99. The molecule has 21 heavy (non-hydrogen) atoms. The van der Waals surface area contributed by atoms with Crippen LogP contribution in [0.15, 0.2) is 36.4 Å². The number of nitrogens with zero attached hydrogens (tertiary/aromatic N) is 1. The van der Waals surface area contributed by atoms with Crippen molar-refractivity contribution in [1.29, 1.82) is 0 Å². The summed E-state index contributed by atoms with van der Waals surface area (Å²) in [4.78, 5) is 21.8. The Hall–Kier alpha value is -2.76. The van der Waals surface area contributed by atoms with E-state index in [1.165, 1.54) is 37.3 Å². The second-order valence-electron chi connectivity index (χ2n) is 4.65. The standard InChI is InChI=1S/C15H13FN2O3/c1-9-3-5-13(12(16)7-9)17-14-6-4-11(10(2)19)8-15(14)18(20)21/h3-8,17H,1-2H3. The van der Waals surface area contributed by atoms with Crippen molar-refractivity contribution in [3.63, 3.8) is 0 Å². The van der Waals surface area contributed by atoms with Gasteiger partial charge in [-0.25, -0.2) is 4.39 Å². The molecule has 6 heteroatoms. The number of rotatable bonds is 4. The van der Waals surface area contributed by atoms with Gasteiger partial charge in [-0.2, -0.15) is 0 Å². The molecule has 5 nitrogen and oxygen atoms in total. The zero-order valence-corrected chi connectivity index (χ0v) is 11.5. The number of nitrogens with one attached hydrogen (secondary N) is 1. The Labute approximate surface area is 120 Å². The van der Waals surface area contributed by atoms with Gasteiger partial charge in [0.2, 0.25) is 0 Å². The van der Waals surface area contributed by atoms with Crippen LogP contribution in [0.25, 0.3) is 0 Å². The maximum atomic E-state index is 13.8. The molecule has 0 bridgehead atoms. The smallest absolute Gasteiger partial charge is 0.293 e. The Bertz CT molecular complexity index is 729. The van der Waals surface area contributed by atoms with E-state index < -0.39 is 10.7 Å². The van der Waals surface area contributed by atoms with Crippen molar-refractivity contribution in [3.8, 4) is 0 Å². The summed E-state index contributed by atoms with van der Waals surface area (Å²) in [6.07, 6.45) is 0. The molecule has 1 N–H and O–H groups in total. The molecular formula is C15H13FN2O3. The number of nitro groups is 1. The fourth-order valence-electron chi connectivity index (χ4n) is 1.87. The molecule has 108 valence electrons. The van der Waals surface area contributed by atoms with E-state index in [2.05, 4.69) is 5.32 Å². The first-order valence-corrected chi connectivity index (χ1v) is 6.21. The first-order chi connectivity index (χ1) is 9.88. The van der Waals surface area contributed by atoms with Crippen LogP contribution in [0.1, 0.15) is 22.8 Å². The lowest BCUT2D eigenvalue weighted by atomic mass is 10.1. The van der Waals surface area contributed by atoms with Crippen molar-refractivity contribution in [2.24, 2.45) is 0 Å². The van der Waals surface area contributed by atoms with Gasteiger partial charge in [0.05, 0.1) is 10.6 Å². The third kappa shape index (κ3) is 3.22. The Morgan fingerprint density at radius 1 is 1.19 bits per heavy atom. The Balaban J connectivity index is 2.44. The summed E-state index contributed by atoms with van der Waals surface area (Å²) in [5, 5.41) is 13.8. The molecule has 0 heterocycles. The predicted octanol–water partition coefficient (Wildman–Crippen LogP) is 3.99. The molecule has 0 radical (unpaired) electrons. The summed E-state index contributed by atoms with van der Waals surface area (Å²) in [5.41, 5.74) is 0.978. The number of ketones is 1. The summed E-state index contributed by atoms with van der Waals surface area (Å²) in [5.74, 6) is -0.772. The molecule has 0 aliphatic carbocycles. The van der Waals surface area contributed by atoms with Crippen LogP contribution >= 0.6 is 0 Å². The zero-order valence-electron chi connectivity index (χ0n) is 11.5. The largest absolute Gasteiger partial charge is 0.348 e. The molecule has 0 saturated carbocycles. The van der Waals surface area contributed by atoms with Gasteiger partial charge in [0.1, 0.15) is 11.5 Å². The van der Waals surface area contributed by atoms with Crippen LogP contribution in [-0.2, 0) is 0 Å². The topological polar surface area (TPSA) is 72.2 Å². The quantitative estimate of drug-likeness (QED) is 0.524. The van der Waals surface area contributed by atoms with Crippen molar-refractivity contribution >= 4 is 22.8 Å². The highest BCUT2D eigenvalue weighted by Crippen LogP contribution is 2.30. The number of anilines is 2. The van der Waals surface area contributed by atoms with Crippen LogP contribution in [-0.4, -0.2) is 10.7 Å². The van der Waals surface area contributed by atoms with E-state index in [9.17, 15) is 19.3 Å².